The summed E-state index contributed by atoms with van der Waals surface area (Å²) in [6.45, 7) is 10.7. The predicted octanol–water partition coefficient (Wildman–Crippen LogP) is 0.777. The fourth-order valence-electron chi connectivity index (χ4n) is 2.02. The van der Waals surface area contributed by atoms with Crippen molar-refractivity contribution in [2.45, 2.75) is 57.9 Å². The number of nitrogens with zero attached hydrogens (tertiary/aromatic N) is 1. The van der Waals surface area contributed by atoms with Gasteiger partial charge in [-0.25, -0.2) is 13.1 Å². The molecule has 0 heterocycles. The first-order valence-corrected chi connectivity index (χ1v) is 8.87. The molecule has 1 atom stereocenters. The van der Waals surface area contributed by atoms with Gasteiger partial charge in [0.2, 0.25) is 10.0 Å². The molecule has 0 aromatic heterocycles. The Morgan fingerprint density at radius 2 is 1.89 bits per heavy atom. The van der Waals surface area contributed by atoms with Crippen LogP contribution in [0.25, 0.3) is 0 Å². The van der Waals surface area contributed by atoms with Gasteiger partial charge in [0.1, 0.15) is 0 Å². The van der Waals surface area contributed by atoms with E-state index >= 15 is 0 Å². The van der Waals surface area contributed by atoms with Crippen LogP contribution in [0.2, 0.25) is 0 Å². The van der Waals surface area contributed by atoms with E-state index in [2.05, 4.69) is 21.9 Å². The first kappa shape index (κ1) is 16.9. The maximum atomic E-state index is 12.0. The normalized spacial score (nSPS) is 18.2. The molecule has 0 radical (unpaired) electrons. The van der Waals surface area contributed by atoms with Crippen molar-refractivity contribution in [1.82, 2.24) is 14.9 Å². The zero-order valence-electron chi connectivity index (χ0n) is 12.6. The van der Waals surface area contributed by atoms with Gasteiger partial charge in [-0.05, 0) is 26.3 Å². The first-order valence-electron chi connectivity index (χ1n) is 7.32. The third-order valence-electron chi connectivity index (χ3n) is 3.51. The molecular weight excluding hydrogens is 262 g/mol. The average molecular weight is 291 g/mol. The third kappa shape index (κ3) is 6.21. The van der Waals surface area contributed by atoms with E-state index in [9.17, 15) is 8.42 Å². The zero-order chi connectivity index (χ0) is 14.5. The summed E-state index contributed by atoms with van der Waals surface area (Å²) >= 11 is 0. The van der Waals surface area contributed by atoms with Crippen LogP contribution in [0.1, 0.15) is 40.5 Å². The van der Waals surface area contributed by atoms with Crippen LogP contribution >= 0.6 is 0 Å². The van der Waals surface area contributed by atoms with Crippen LogP contribution in [0, 0.1) is 0 Å². The Kier molecular flexibility index (Phi) is 6.73. The second kappa shape index (κ2) is 7.57. The van der Waals surface area contributed by atoms with E-state index in [1.807, 2.05) is 13.8 Å². The molecule has 1 unspecified atom stereocenters. The van der Waals surface area contributed by atoms with Gasteiger partial charge in [-0.3, -0.25) is 4.90 Å². The van der Waals surface area contributed by atoms with Crippen molar-refractivity contribution in [2.75, 3.05) is 26.2 Å². The molecule has 114 valence electrons. The number of hydrogen-bond donors (Lipinski definition) is 2. The molecule has 1 aliphatic carbocycles. The Morgan fingerprint density at radius 1 is 1.26 bits per heavy atom. The molecule has 6 heteroatoms. The van der Waals surface area contributed by atoms with E-state index in [1.165, 1.54) is 12.8 Å². The Bertz CT molecular complexity index is 353. The van der Waals surface area contributed by atoms with Crippen LogP contribution < -0.4 is 10.0 Å². The second-order valence-electron chi connectivity index (χ2n) is 5.67. The van der Waals surface area contributed by atoms with E-state index in [-0.39, 0.29) is 0 Å². The van der Waals surface area contributed by atoms with E-state index in [0.29, 0.717) is 25.2 Å². The molecule has 19 heavy (non-hydrogen) atoms. The van der Waals surface area contributed by atoms with Crippen LogP contribution in [0.15, 0.2) is 0 Å². The van der Waals surface area contributed by atoms with Gasteiger partial charge in [0.05, 0.1) is 5.25 Å². The summed E-state index contributed by atoms with van der Waals surface area (Å²) in [4.78, 5) is 2.35. The van der Waals surface area contributed by atoms with Crippen molar-refractivity contribution in [3.63, 3.8) is 0 Å². The van der Waals surface area contributed by atoms with Crippen molar-refractivity contribution in [3.05, 3.63) is 0 Å². The Balaban J connectivity index is 2.28. The first-order chi connectivity index (χ1) is 8.86. The summed E-state index contributed by atoms with van der Waals surface area (Å²) in [6, 6.07) is 0.998. The molecule has 0 aromatic carbocycles. The Hall–Kier alpha value is -0.170. The Morgan fingerprint density at radius 3 is 2.37 bits per heavy atom. The smallest absolute Gasteiger partial charge is 0.215 e. The molecule has 0 amide bonds. The molecule has 1 rings (SSSR count). The Labute approximate surface area is 118 Å². The van der Waals surface area contributed by atoms with E-state index in [1.54, 1.807) is 6.92 Å². The second-order valence-corrected chi connectivity index (χ2v) is 7.86. The highest BCUT2D eigenvalue weighted by Crippen LogP contribution is 2.25. The predicted molar refractivity (Wildman–Crippen MR) is 79.8 cm³/mol. The van der Waals surface area contributed by atoms with Crippen LogP contribution in [-0.4, -0.2) is 56.8 Å². The van der Waals surface area contributed by atoms with E-state index < -0.39 is 15.3 Å². The maximum Gasteiger partial charge on any atom is 0.215 e. The molecule has 1 fully saturated rings. The standard InChI is InChI=1S/C13H29N3O2S/c1-5-16(13-6-7-13)9-8-15-19(17,18)12(4)10-14-11(2)3/h11-15H,5-10H2,1-4H3. The number of rotatable bonds is 10. The molecule has 1 saturated carbocycles. The molecule has 1 aliphatic rings. The highest BCUT2D eigenvalue weighted by Gasteiger charge is 2.28. The number of sulfonamides is 1. The van der Waals surface area contributed by atoms with E-state index in [0.717, 1.165) is 13.1 Å². The topological polar surface area (TPSA) is 61.4 Å². The summed E-state index contributed by atoms with van der Waals surface area (Å²) in [5.74, 6) is 0. The SMILES string of the molecule is CCN(CCNS(=O)(=O)C(C)CNC(C)C)C1CC1. The molecule has 0 saturated heterocycles. The van der Waals surface area contributed by atoms with Crippen molar-refractivity contribution in [1.29, 1.82) is 0 Å². The summed E-state index contributed by atoms with van der Waals surface area (Å²) in [5.41, 5.74) is 0. The van der Waals surface area contributed by atoms with Gasteiger partial charge >= 0.3 is 0 Å². The maximum absolute atomic E-state index is 12.0. The molecular formula is C13H29N3O2S. The van der Waals surface area contributed by atoms with Gasteiger partial charge in [-0.2, -0.15) is 0 Å². The largest absolute Gasteiger partial charge is 0.313 e. The molecule has 5 nitrogen and oxygen atoms in total. The summed E-state index contributed by atoms with van der Waals surface area (Å²) in [7, 11) is -3.20. The number of likely N-dealkylation sites (N-methyl/N-ethyl adjacent to an activating group) is 1. The van der Waals surface area contributed by atoms with Crippen molar-refractivity contribution >= 4 is 10.0 Å². The summed E-state index contributed by atoms with van der Waals surface area (Å²) in [5, 5.41) is 2.76. The van der Waals surface area contributed by atoms with E-state index in [4.69, 9.17) is 0 Å². The van der Waals surface area contributed by atoms with Crippen LogP contribution in [0.3, 0.4) is 0 Å². The minimum atomic E-state index is -3.20. The minimum Gasteiger partial charge on any atom is -0.313 e. The van der Waals surface area contributed by atoms with Crippen LogP contribution in [0.4, 0.5) is 0 Å². The van der Waals surface area contributed by atoms with Crippen LogP contribution in [-0.2, 0) is 10.0 Å². The highest BCUT2D eigenvalue weighted by atomic mass is 32.2. The van der Waals surface area contributed by atoms with Crippen LogP contribution in [0.5, 0.6) is 0 Å². The van der Waals surface area contributed by atoms with Gasteiger partial charge in [-0.15, -0.1) is 0 Å². The van der Waals surface area contributed by atoms with Crippen molar-refractivity contribution < 1.29 is 8.42 Å². The lowest BCUT2D eigenvalue weighted by Gasteiger charge is -2.21. The van der Waals surface area contributed by atoms with Gasteiger partial charge in [0, 0.05) is 31.7 Å². The lowest BCUT2D eigenvalue weighted by atomic mass is 10.3. The van der Waals surface area contributed by atoms with Gasteiger partial charge in [0.15, 0.2) is 0 Å². The van der Waals surface area contributed by atoms with Crippen molar-refractivity contribution in [3.8, 4) is 0 Å². The molecule has 0 bridgehead atoms. The lowest BCUT2D eigenvalue weighted by molar-refractivity contribution is 0.282. The lowest BCUT2D eigenvalue weighted by Crippen LogP contribution is -2.43. The van der Waals surface area contributed by atoms with Crippen molar-refractivity contribution in [2.24, 2.45) is 0 Å². The minimum absolute atomic E-state index is 0.308. The monoisotopic (exact) mass is 291 g/mol. The highest BCUT2D eigenvalue weighted by molar-refractivity contribution is 7.90. The number of nitrogens with one attached hydrogen (secondary N) is 2. The average Bonchev–Trinajstić information content (AvgIpc) is 3.15. The molecule has 2 N–H and O–H groups in total. The molecule has 0 spiro atoms. The summed E-state index contributed by atoms with van der Waals surface area (Å²) in [6.07, 6.45) is 2.52. The third-order valence-corrected chi connectivity index (χ3v) is 5.35. The van der Waals surface area contributed by atoms with Gasteiger partial charge < -0.3 is 5.32 Å². The molecule has 0 aliphatic heterocycles. The summed E-state index contributed by atoms with van der Waals surface area (Å²) < 4.78 is 26.8. The van der Waals surface area contributed by atoms with Gasteiger partial charge in [-0.1, -0.05) is 20.8 Å². The quantitative estimate of drug-likeness (QED) is 0.624. The van der Waals surface area contributed by atoms with Gasteiger partial charge in [0.25, 0.3) is 0 Å². The zero-order valence-corrected chi connectivity index (χ0v) is 13.5. The fraction of sp³-hybridized carbons (Fsp3) is 1.00. The fourth-order valence-corrected chi connectivity index (χ4v) is 3.00. The molecule has 0 aromatic rings. The number of hydrogen-bond acceptors (Lipinski definition) is 4.